The largest absolute Gasteiger partial charge is 0.394 e. The lowest BCUT2D eigenvalue weighted by atomic mass is 9.94. The second-order valence-electron chi connectivity index (χ2n) is 7.48. The average molecular weight is 343 g/mol. The molecule has 0 aromatic heterocycles. The molecule has 0 aliphatic heterocycles. The van der Waals surface area contributed by atoms with Crippen LogP contribution in [0, 0.1) is 5.92 Å². The van der Waals surface area contributed by atoms with E-state index in [1.165, 1.54) is 103 Å². The number of hydrogen-bond donors (Lipinski definition) is 1. The van der Waals surface area contributed by atoms with Crippen molar-refractivity contribution < 1.29 is 9.84 Å². The van der Waals surface area contributed by atoms with Gasteiger partial charge in [-0.2, -0.15) is 0 Å². The summed E-state index contributed by atoms with van der Waals surface area (Å²) in [4.78, 5) is 0. The predicted octanol–water partition coefficient (Wildman–Crippen LogP) is 6.89. The minimum atomic E-state index is 0.154. The second-order valence-corrected chi connectivity index (χ2v) is 7.48. The van der Waals surface area contributed by atoms with Crippen LogP contribution in [0.3, 0.4) is 0 Å². The Morgan fingerprint density at radius 1 is 0.625 bits per heavy atom. The van der Waals surface area contributed by atoms with Crippen LogP contribution in [0.5, 0.6) is 0 Å². The zero-order valence-electron chi connectivity index (χ0n) is 16.9. The molecule has 2 nitrogen and oxygen atoms in total. The monoisotopic (exact) mass is 342 g/mol. The number of hydrogen-bond acceptors (Lipinski definition) is 2. The van der Waals surface area contributed by atoms with Crippen LogP contribution >= 0.6 is 0 Å². The van der Waals surface area contributed by atoms with Gasteiger partial charge in [0.1, 0.15) is 0 Å². The van der Waals surface area contributed by atoms with Crippen LogP contribution in [-0.4, -0.2) is 24.9 Å². The van der Waals surface area contributed by atoms with E-state index in [1.807, 2.05) is 0 Å². The molecule has 0 radical (unpaired) electrons. The summed E-state index contributed by atoms with van der Waals surface area (Å²) >= 11 is 0. The van der Waals surface area contributed by atoms with Crippen LogP contribution in [-0.2, 0) is 4.74 Å². The molecule has 0 saturated heterocycles. The molecule has 0 rings (SSSR count). The molecule has 0 fully saturated rings. The first kappa shape index (κ1) is 23.9. The van der Waals surface area contributed by atoms with Gasteiger partial charge in [0.05, 0.1) is 13.2 Å². The lowest BCUT2D eigenvalue weighted by molar-refractivity contribution is 0.0619. The zero-order chi connectivity index (χ0) is 17.7. The van der Waals surface area contributed by atoms with E-state index in [9.17, 15) is 0 Å². The molecule has 2 heteroatoms. The number of unbranched alkanes of at least 4 members (excludes halogenated alkanes) is 12. The quantitative estimate of drug-likeness (QED) is 0.244. The van der Waals surface area contributed by atoms with E-state index >= 15 is 0 Å². The Hall–Kier alpha value is -0.0800. The topological polar surface area (TPSA) is 29.5 Å². The van der Waals surface area contributed by atoms with Crippen molar-refractivity contribution in [3.8, 4) is 0 Å². The average Bonchev–Trinajstić information content (AvgIpc) is 2.59. The van der Waals surface area contributed by atoms with Gasteiger partial charge in [0.2, 0.25) is 0 Å². The van der Waals surface area contributed by atoms with Crippen molar-refractivity contribution in [2.24, 2.45) is 5.92 Å². The maximum Gasteiger partial charge on any atom is 0.0697 e. The summed E-state index contributed by atoms with van der Waals surface area (Å²) in [5.41, 5.74) is 0. The Kier molecular flexibility index (Phi) is 20.9. The summed E-state index contributed by atoms with van der Waals surface area (Å²) in [7, 11) is 0. The molecule has 0 aromatic rings. The van der Waals surface area contributed by atoms with E-state index in [0.717, 1.165) is 6.61 Å². The molecule has 146 valence electrons. The Bertz CT molecular complexity index is 218. The van der Waals surface area contributed by atoms with Gasteiger partial charge in [-0.25, -0.2) is 0 Å². The van der Waals surface area contributed by atoms with Gasteiger partial charge in [0.25, 0.3) is 0 Å². The van der Waals surface area contributed by atoms with Crippen molar-refractivity contribution >= 4 is 0 Å². The highest BCUT2D eigenvalue weighted by Crippen LogP contribution is 2.20. The van der Waals surface area contributed by atoms with Crippen LogP contribution in [0.2, 0.25) is 0 Å². The Labute approximate surface area is 152 Å². The van der Waals surface area contributed by atoms with Gasteiger partial charge >= 0.3 is 0 Å². The SMILES string of the molecule is CCCCCCCCCCC(CCCCCCCC)COCCO. The van der Waals surface area contributed by atoms with E-state index in [0.29, 0.717) is 12.5 Å². The normalized spacial score (nSPS) is 12.6. The minimum Gasteiger partial charge on any atom is -0.394 e. The summed E-state index contributed by atoms with van der Waals surface area (Å²) in [6.45, 7) is 6.07. The van der Waals surface area contributed by atoms with Crippen molar-refractivity contribution in [1.82, 2.24) is 0 Å². The van der Waals surface area contributed by atoms with E-state index < -0.39 is 0 Å². The molecule has 1 unspecified atom stereocenters. The predicted molar refractivity (Wildman–Crippen MR) is 107 cm³/mol. The first-order chi connectivity index (χ1) is 11.8. The molecular formula is C22H46O2. The highest BCUT2D eigenvalue weighted by molar-refractivity contribution is 4.60. The van der Waals surface area contributed by atoms with Crippen LogP contribution in [0.4, 0.5) is 0 Å². The lowest BCUT2D eigenvalue weighted by Crippen LogP contribution is -2.12. The molecule has 0 bridgehead atoms. The fourth-order valence-corrected chi connectivity index (χ4v) is 3.41. The van der Waals surface area contributed by atoms with Gasteiger partial charge < -0.3 is 9.84 Å². The molecular weight excluding hydrogens is 296 g/mol. The van der Waals surface area contributed by atoms with Crippen molar-refractivity contribution in [2.45, 2.75) is 117 Å². The minimum absolute atomic E-state index is 0.154. The molecule has 0 aromatic carbocycles. The molecule has 0 heterocycles. The van der Waals surface area contributed by atoms with E-state index in [-0.39, 0.29) is 6.61 Å². The Morgan fingerprint density at radius 3 is 1.46 bits per heavy atom. The fourth-order valence-electron chi connectivity index (χ4n) is 3.41. The molecule has 0 aliphatic carbocycles. The van der Waals surface area contributed by atoms with Gasteiger partial charge in [0, 0.05) is 6.61 Å². The third kappa shape index (κ3) is 18.3. The van der Waals surface area contributed by atoms with Crippen molar-refractivity contribution in [2.75, 3.05) is 19.8 Å². The molecule has 0 aliphatic rings. The third-order valence-corrected chi connectivity index (χ3v) is 5.02. The molecule has 1 N–H and O–H groups in total. The van der Waals surface area contributed by atoms with Crippen LogP contribution < -0.4 is 0 Å². The molecule has 24 heavy (non-hydrogen) atoms. The first-order valence-electron chi connectivity index (χ1n) is 11.0. The van der Waals surface area contributed by atoms with E-state index in [4.69, 9.17) is 9.84 Å². The van der Waals surface area contributed by atoms with Crippen LogP contribution in [0.1, 0.15) is 117 Å². The van der Waals surface area contributed by atoms with Gasteiger partial charge in [-0.3, -0.25) is 0 Å². The second kappa shape index (κ2) is 21.0. The molecule has 0 spiro atoms. The lowest BCUT2D eigenvalue weighted by Gasteiger charge is -2.17. The fraction of sp³-hybridized carbons (Fsp3) is 1.00. The molecule has 0 amide bonds. The van der Waals surface area contributed by atoms with Gasteiger partial charge in [0.15, 0.2) is 0 Å². The number of ether oxygens (including phenoxy) is 1. The summed E-state index contributed by atoms with van der Waals surface area (Å²) in [5, 5.41) is 8.89. The molecule has 1 atom stereocenters. The highest BCUT2D eigenvalue weighted by atomic mass is 16.5. The van der Waals surface area contributed by atoms with Gasteiger partial charge in [-0.05, 0) is 18.8 Å². The van der Waals surface area contributed by atoms with Gasteiger partial charge in [-0.1, -0.05) is 104 Å². The van der Waals surface area contributed by atoms with E-state index in [2.05, 4.69) is 13.8 Å². The number of aliphatic hydroxyl groups is 1. The smallest absolute Gasteiger partial charge is 0.0697 e. The number of rotatable bonds is 20. The summed E-state index contributed by atoms with van der Waals surface area (Å²) in [6.07, 6.45) is 22.1. The number of aliphatic hydroxyl groups excluding tert-OH is 1. The standard InChI is InChI=1S/C22H46O2/c1-3-5-7-9-11-12-14-16-18-22(21-24-20-19-23)17-15-13-10-8-6-4-2/h22-23H,3-21H2,1-2H3. The highest BCUT2D eigenvalue weighted by Gasteiger charge is 2.09. The Morgan fingerprint density at radius 2 is 1.04 bits per heavy atom. The summed E-state index contributed by atoms with van der Waals surface area (Å²) in [6, 6.07) is 0. The summed E-state index contributed by atoms with van der Waals surface area (Å²) < 4.78 is 5.61. The first-order valence-corrected chi connectivity index (χ1v) is 11.0. The summed E-state index contributed by atoms with van der Waals surface area (Å²) in [5.74, 6) is 0.711. The maximum absolute atomic E-state index is 8.89. The third-order valence-electron chi connectivity index (χ3n) is 5.02. The van der Waals surface area contributed by atoms with Crippen LogP contribution in [0.15, 0.2) is 0 Å². The van der Waals surface area contributed by atoms with Crippen molar-refractivity contribution in [3.05, 3.63) is 0 Å². The Balaban J connectivity index is 3.63. The van der Waals surface area contributed by atoms with Crippen LogP contribution in [0.25, 0.3) is 0 Å². The maximum atomic E-state index is 8.89. The van der Waals surface area contributed by atoms with Crippen molar-refractivity contribution in [3.63, 3.8) is 0 Å². The molecule has 0 saturated carbocycles. The zero-order valence-corrected chi connectivity index (χ0v) is 16.9. The van der Waals surface area contributed by atoms with Gasteiger partial charge in [-0.15, -0.1) is 0 Å². The van der Waals surface area contributed by atoms with Crippen molar-refractivity contribution in [1.29, 1.82) is 0 Å². The van der Waals surface area contributed by atoms with E-state index in [1.54, 1.807) is 0 Å².